The van der Waals surface area contributed by atoms with Crippen LogP contribution in [0.2, 0.25) is 0 Å². The molecule has 1 saturated heterocycles. The Morgan fingerprint density at radius 1 is 1.07 bits per heavy atom. The fourth-order valence-electron chi connectivity index (χ4n) is 4.52. The maximum atomic E-state index is 12.9. The molecule has 0 aromatic heterocycles. The molecule has 154 valence electrons. The first-order valence-electron chi connectivity index (χ1n) is 11.0. The predicted molar refractivity (Wildman–Crippen MR) is 112 cm³/mol. The van der Waals surface area contributed by atoms with Crippen LogP contribution in [0.15, 0.2) is 30.3 Å². The minimum Gasteiger partial charge on any atom is -0.353 e. The van der Waals surface area contributed by atoms with Crippen molar-refractivity contribution in [2.45, 2.75) is 76.4 Å². The third-order valence-electron chi connectivity index (χ3n) is 6.27. The van der Waals surface area contributed by atoms with Crippen LogP contribution in [0.1, 0.15) is 63.4 Å². The molecule has 1 N–H and O–H groups in total. The Balaban J connectivity index is 1.55. The van der Waals surface area contributed by atoms with Crippen molar-refractivity contribution >= 4 is 11.8 Å². The van der Waals surface area contributed by atoms with Crippen LogP contribution >= 0.6 is 0 Å². The first-order valence-corrected chi connectivity index (χ1v) is 11.0. The molecule has 5 nitrogen and oxygen atoms in total. The van der Waals surface area contributed by atoms with Gasteiger partial charge in [0.05, 0.1) is 0 Å². The highest BCUT2D eigenvalue weighted by Crippen LogP contribution is 2.22. The highest BCUT2D eigenvalue weighted by molar-refractivity contribution is 5.88. The molecule has 1 saturated carbocycles. The van der Waals surface area contributed by atoms with Gasteiger partial charge in [-0.05, 0) is 38.3 Å². The van der Waals surface area contributed by atoms with Crippen molar-refractivity contribution in [3.05, 3.63) is 35.9 Å². The molecule has 3 rings (SSSR count). The van der Waals surface area contributed by atoms with Gasteiger partial charge in [-0.15, -0.1) is 0 Å². The number of hydrogen-bond donors (Lipinski definition) is 1. The molecule has 0 radical (unpaired) electrons. The SMILES string of the molecule is CN(CCNC(=O)C1CCCCC(=O)N1Cc1ccccc1)C1CCCCC1. The molecule has 1 heterocycles. The topological polar surface area (TPSA) is 52.7 Å². The number of nitrogens with one attached hydrogen (secondary N) is 1. The first kappa shape index (κ1) is 20.8. The fourth-order valence-corrected chi connectivity index (χ4v) is 4.52. The quantitative estimate of drug-likeness (QED) is 0.783. The smallest absolute Gasteiger partial charge is 0.242 e. The van der Waals surface area contributed by atoms with Crippen molar-refractivity contribution < 1.29 is 9.59 Å². The third kappa shape index (κ3) is 5.81. The minimum atomic E-state index is -0.352. The second kappa shape index (κ2) is 10.6. The molecule has 1 aliphatic heterocycles. The molecule has 1 aromatic rings. The lowest BCUT2D eigenvalue weighted by molar-refractivity contribution is -0.140. The zero-order valence-electron chi connectivity index (χ0n) is 17.2. The first-order chi connectivity index (χ1) is 13.6. The average molecular weight is 386 g/mol. The van der Waals surface area contributed by atoms with Gasteiger partial charge >= 0.3 is 0 Å². The van der Waals surface area contributed by atoms with Gasteiger partial charge in [-0.25, -0.2) is 0 Å². The lowest BCUT2D eigenvalue weighted by atomic mass is 9.94. The summed E-state index contributed by atoms with van der Waals surface area (Å²) in [6, 6.07) is 10.3. The third-order valence-corrected chi connectivity index (χ3v) is 6.27. The van der Waals surface area contributed by atoms with Gasteiger partial charge in [0.2, 0.25) is 11.8 Å². The average Bonchev–Trinajstić information content (AvgIpc) is 2.91. The monoisotopic (exact) mass is 385 g/mol. The van der Waals surface area contributed by atoms with Crippen molar-refractivity contribution in [1.82, 2.24) is 15.1 Å². The summed E-state index contributed by atoms with van der Waals surface area (Å²) in [7, 11) is 2.17. The Kier molecular flexibility index (Phi) is 7.90. The van der Waals surface area contributed by atoms with E-state index in [1.807, 2.05) is 30.3 Å². The Bertz CT molecular complexity index is 628. The molecule has 1 atom stereocenters. The van der Waals surface area contributed by atoms with Crippen LogP contribution in [0.25, 0.3) is 0 Å². The van der Waals surface area contributed by atoms with Crippen molar-refractivity contribution in [2.75, 3.05) is 20.1 Å². The van der Waals surface area contributed by atoms with Gasteiger partial charge in [0, 0.05) is 32.1 Å². The standard InChI is InChI=1S/C23H35N3O2/c1-25(20-12-6-3-7-13-20)17-16-24-23(28)21-14-8-9-15-22(27)26(21)18-19-10-4-2-5-11-19/h2,4-5,10-11,20-21H,3,6-9,12-18H2,1H3,(H,24,28). The molecule has 5 heteroatoms. The lowest BCUT2D eigenvalue weighted by Crippen LogP contribution is -2.49. The number of benzene rings is 1. The van der Waals surface area contributed by atoms with Crippen molar-refractivity contribution in [2.24, 2.45) is 0 Å². The van der Waals surface area contributed by atoms with E-state index >= 15 is 0 Å². The van der Waals surface area contributed by atoms with Crippen molar-refractivity contribution in [3.8, 4) is 0 Å². The van der Waals surface area contributed by atoms with Crippen LogP contribution in [0.3, 0.4) is 0 Å². The minimum absolute atomic E-state index is 0.00299. The largest absolute Gasteiger partial charge is 0.353 e. The summed E-state index contributed by atoms with van der Waals surface area (Å²) in [5, 5.41) is 3.11. The van der Waals surface area contributed by atoms with E-state index in [0.29, 0.717) is 25.6 Å². The maximum Gasteiger partial charge on any atom is 0.242 e. The maximum absolute atomic E-state index is 12.9. The number of carbonyl (C=O) groups excluding carboxylic acids is 2. The van der Waals surface area contributed by atoms with E-state index in [9.17, 15) is 9.59 Å². The number of hydrogen-bond acceptors (Lipinski definition) is 3. The summed E-state index contributed by atoms with van der Waals surface area (Å²) in [4.78, 5) is 29.8. The van der Waals surface area contributed by atoms with Gasteiger partial charge in [0.25, 0.3) is 0 Å². The second-order valence-electron chi connectivity index (χ2n) is 8.33. The highest BCUT2D eigenvalue weighted by Gasteiger charge is 2.31. The summed E-state index contributed by atoms with van der Waals surface area (Å²) < 4.78 is 0. The number of likely N-dealkylation sites (tertiary alicyclic amines) is 1. The van der Waals surface area contributed by atoms with Gasteiger partial charge in [-0.3, -0.25) is 9.59 Å². The molecule has 1 unspecified atom stereocenters. The molecule has 1 aliphatic carbocycles. The number of amides is 2. The zero-order chi connectivity index (χ0) is 19.8. The Morgan fingerprint density at radius 3 is 2.54 bits per heavy atom. The molecular formula is C23H35N3O2. The summed E-state index contributed by atoms with van der Waals surface area (Å²) in [6.45, 7) is 2.03. The van der Waals surface area contributed by atoms with E-state index in [2.05, 4.69) is 17.3 Å². The van der Waals surface area contributed by atoms with Gasteiger partial charge in [-0.1, -0.05) is 56.0 Å². The predicted octanol–water partition coefficient (Wildman–Crippen LogP) is 3.34. The number of rotatable bonds is 7. The van der Waals surface area contributed by atoms with Gasteiger partial charge < -0.3 is 15.1 Å². The molecule has 0 spiro atoms. The van der Waals surface area contributed by atoms with Crippen LogP contribution in [0.4, 0.5) is 0 Å². The Morgan fingerprint density at radius 2 is 1.79 bits per heavy atom. The number of carbonyl (C=O) groups is 2. The van der Waals surface area contributed by atoms with E-state index < -0.39 is 0 Å². The highest BCUT2D eigenvalue weighted by atomic mass is 16.2. The molecule has 2 amide bonds. The Labute approximate surface area is 169 Å². The Hall–Kier alpha value is -1.88. The normalized spacial score (nSPS) is 21.6. The van der Waals surface area contributed by atoms with Crippen LogP contribution in [0.5, 0.6) is 0 Å². The zero-order valence-corrected chi connectivity index (χ0v) is 17.2. The van der Waals surface area contributed by atoms with Gasteiger partial charge in [-0.2, -0.15) is 0 Å². The van der Waals surface area contributed by atoms with Crippen molar-refractivity contribution in [1.29, 1.82) is 0 Å². The summed E-state index contributed by atoms with van der Waals surface area (Å²) in [5.41, 5.74) is 1.08. The fraction of sp³-hybridized carbons (Fsp3) is 0.652. The number of nitrogens with zero attached hydrogens (tertiary/aromatic N) is 2. The van der Waals surface area contributed by atoms with Crippen LogP contribution in [-0.2, 0) is 16.1 Å². The van der Waals surface area contributed by atoms with E-state index in [-0.39, 0.29) is 17.9 Å². The van der Waals surface area contributed by atoms with E-state index in [4.69, 9.17) is 0 Å². The lowest BCUT2D eigenvalue weighted by Gasteiger charge is -2.32. The molecular weight excluding hydrogens is 350 g/mol. The molecule has 2 aliphatic rings. The molecule has 28 heavy (non-hydrogen) atoms. The van der Waals surface area contributed by atoms with Gasteiger partial charge in [0.1, 0.15) is 6.04 Å². The van der Waals surface area contributed by atoms with E-state index in [0.717, 1.165) is 31.4 Å². The molecule has 1 aromatic carbocycles. The van der Waals surface area contributed by atoms with E-state index in [1.165, 1.54) is 32.1 Å². The summed E-state index contributed by atoms with van der Waals surface area (Å²) >= 11 is 0. The van der Waals surface area contributed by atoms with Crippen LogP contribution in [-0.4, -0.2) is 53.8 Å². The molecule has 0 bridgehead atoms. The molecule has 2 fully saturated rings. The summed E-state index contributed by atoms with van der Waals surface area (Å²) in [6.07, 6.45) is 9.63. The summed E-state index contributed by atoms with van der Waals surface area (Å²) in [5.74, 6) is 0.101. The van der Waals surface area contributed by atoms with E-state index in [1.54, 1.807) is 4.90 Å². The number of likely N-dealkylation sites (N-methyl/N-ethyl adjacent to an activating group) is 1. The van der Waals surface area contributed by atoms with Crippen molar-refractivity contribution in [3.63, 3.8) is 0 Å². The van der Waals surface area contributed by atoms with Crippen LogP contribution < -0.4 is 5.32 Å². The van der Waals surface area contributed by atoms with Crippen LogP contribution in [0, 0.1) is 0 Å². The van der Waals surface area contributed by atoms with Gasteiger partial charge in [0.15, 0.2) is 0 Å². The second-order valence-corrected chi connectivity index (χ2v) is 8.33.